The van der Waals surface area contributed by atoms with Crippen molar-refractivity contribution in [2.45, 2.75) is 18.8 Å². The Bertz CT molecular complexity index is 1280. The Morgan fingerprint density at radius 3 is 2.47 bits per heavy atom. The first-order valence-corrected chi connectivity index (χ1v) is 13.2. The molecule has 1 aromatic carbocycles. The molecule has 3 atom stereocenters. The van der Waals surface area contributed by atoms with Gasteiger partial charge in [-0.2, -0.15) is 0 Å². The minimum atomic E-state index is -4.85. The third kappa shape index (κ3) is 6.45. The molecule has 2 unspecified atom stereocenters. The number of benzene rings is 1. The van der Waals surface area contributed by atoms with Crippen LogP contribution in [0.25, 0.3) is 5.88 Å². The summed E-state index contributed by atoms with van der Waals surface area (Å²) in [7, 11) is -8.18. The molecule has 186 valence electrons. The molecular formula is C18H23N3O11P2. The van der Waals surface area contributed by atoms with Gasteiger partial charge < -0.3 is 39.0 Å². The van der Waals surface area contributed by atoms with Crippen LogP contribution in [0.15, 0.2) is 58.3 Å². The van der Waals surface area contributed by atoms with Crippen molar-refractivity contribution < 1.29 is 48.1 Å². The van der Waals surface area contributed by atoms with E-state index in [0.717, 1.165) is 14.7 Å². The maximum Gasteiger partial charge on any atom is 0.340 e. The fourth-order valence-corrected chi connectivity index (χ4v) is 5.48. The van der Waals surface area contributed by atoms with Crippen molar-refractivity contribution in [3.63, 3.8) is 0 Å². The van der Waals surface area contributed by atoms with Gasteiger partial charge in [0.15, 0.2) is 29.4 Å². The molecule has 2 aromatic rings. The van der Waals surface area contributed by atoms with E-state index in [2.05, 4.69) is 9.68 Å². The Labute approximate surface area is 192 Å². The third-order valence-electron chi connectivity index (χ3n) is 4.58. The van der Waals surface area contributed by atoms with Crippen molar-refractivity contribution >= 4 is 21.1 Å². The van der Waals surface area contributed by atoms with Gasteiger partial charge in [0, 0.05) is 19.3 Å². The first-order valence-electron chi connectivity index (χ1n) is 9.66. The summed E-state index contributed by atoms with van der Waals surface area (Å²) in [5.41, 5.74) is 0.288. The summed E-state index contributed by atoms with van der Waals surface area (Å²) in [6.07, 6.45) is -1.96. The molecule has 14 nitrogen and oxygen atoms in total. The second-order valence-corrected chi connectivity index (χ2v) is 11.3. The lowest BCUT2D eigenvalue weighted by Crippen LogP contribution is -2.37. The summed E-state index contributed by atoms with van der Waals surface area (Å²) in [6.45, 7) is -0.631. The number of aliphatic hydroxyl groups is 2. The van der Waals surface area contributed by atoms with Gasteiger partial charge in [-0.25, -0.2) is 9.36 Å². The first kappa shape index (κ1) is 25.9. The van der Waals surface area contributed by atoms with Gasteiger partial charge in [-0.15, -0.1) is 0 Å². The van der Waals surface area contributed by atoms with E-state index in [0.29, 0.717) is 0 Å². The lowest BCUT2D eigenvalue weighted by Gasteiger charge is -2.18. The predicted molar refractivity (Wildman–Crippen MR) is 116 cm³/mol. The highest BCUT2D eigenvalue weighted by molar-refractivity contribution is 7.70. The molecule has 1 aliphatic heterocycles. The summed E-state index contributed by atoms with van der Waals surface area (Å²) in [6, 6.07) is 10.6. The number of hydrogen-bond donors (Lipinski definition) is 5. The number of aliphatic hydroxyl groups excluding tert-OH is 2. The average molecular weight is 519 g/mol. The van der Waals surface area contributed by atoms with Crippen molar-refractivity contribution in [1.82, 2.24) is 9.13 Å². The minimum absolute atomic E-state index is 0.148. The molecule has 0 spiro atoms. The molecule has 2 heterocycles. The van der Waals surface area contributed by atoms with Gasteiger partial charge in [0.1, 0.15) is 6.61 Å². The number of ether oxygens (including phenoxy) is 1. The van der Waals surface area contributed by atoms with Crippen LogP contribution in [0.4, 0.5) is 0 Å². The van der Waals surface area contributed by atoms with E-state index in [1.807, 2.05) is 30.3 Å². The predicted octanol–water partition coefficient (Wildman–Crippen LogP) is 0.000300. The summed E-state index contributed by atoms with van der Waals surface area (Å²) in [5, 5.41) is 24.3. The lowest BCUT2D eigenvalue weighted by atomic mass is 10.2. The maximum absolute atomic E-state index is 12.7. The molecule has 0 saturated carbocycles. The van der Waals surface area contributed by atoms with Crippen molar-refractivity contribution in [1.29, 1.82) is 0 Å². The molecule has 0 saturated heterocycles. The highest BCUT2D eigenvalue weighted by Gasteiger charge is 2.40. The molecular weight excluding hydrogens is 496 g/mol. The third-order valence-corrected chi connectivity index (χ3v) is 8.03. The monoisotopic (exact) mass is 519 g/mol. The smallest absolute Gasteiger partial charge is 0.340 e. The summed E-state index contributed by atoms with van der Waals surface area (Å²) < 4.78 is 34.6. The van der Waals surface area contributed by atoms with Crippen LogP contribution in [0.3, 0.4) is 0 Å². The van der Waals surface area contributed by atoms with Crippen LogP contribution >= 0.6 is 15.2 Å². The van der Waals surface area contributed by atoms with Crippen LogP contribution in [0.1, 0.15) is 5.56 Å². The van der Waals surface area contributed by atoms with Gasteiger partial charge in [0.2, 0.25) is 5.88 Å². The summed E-state index contributed by atoms with van der Waals surface area (Å²) in [5.74, 6) is -2.63. The molecule has 1 aromatic heterocycles. The van der Waals surface area contributed by atoms with Crippen LogP contribution < -0.4 is 11.2 Å². The van der Waals surface area contributed by atoms with Crippen molar-refractivity contribution in [2.75, 3.05) is 12.5 Å². The lowest BCUT2D eigenvalue weighted by molar-refractivity contribution is 0.0180. The van der Waals surface area contributed by atoms with Crippen LogP contribution in [0.5, 0.6) is 0 Å². The Balaban J connectivity index is 1.73. The Kier molecular flexibility index (Phi) is 7.84. The molecule has 0 bridgehead atoms. The molecule has 16 heteroatoms. The Morgan fingerprint density at radius 2 is 1.82 bits per heavy atom. The van der Waals surface area contributed by atoms with Gasteiger partial charge in [0.05, 0.1) is 6.61 Å². The zero-order valence-corrected chi connectivity index (χ0v) is 19.5. The molecule has 0 aliphatic carbocycles. The average Bonchev–Trinajstić information content (AvgIpc) is 3.03. The van der Waals surface area contributed by atoms with E-state index >= 15 is 0 Å². The second kappa shape index (κ2) is 10.3. The quantitative estimate of drug-likeness (QED) is 0.220. The maximum atomic E-state index is 12.7. The van der Waals surface area contributed by atoms with Crippen LogP contribution in [-0.4, -0.2) is 58.7 Å². The molecule has 0 radical (unpaired) electrons. The Morgan fingerprint density at radius 1 is 1.15 bits per heavy atom. The molecule has 5 N–H and O–H groups in total. The number of hydrogen-bond acceptors (Lipinski definition) is 9. The van der Waals surface area contributed by atoms with Gasteiger partial charge in [-0.1, -0.05) is 35.5 Å². The molecule has 1 aliphatic rings. The summed E-state index contributed by atoms with van der Waals surface area (Å²) >= 11 is 0. The minimum Gasteiger partial charge on any atom is -0.505 e. The van der Waals surface area contributed by atoms with Crippen molar-refractivity contribution in [2.24, 2.45) is 12.2 Å². The Hall–Kier alpha value is -2.70. The van der Waals surface area contributed by atoms with Gasteiger partial charge in [0.25, 0.3) is 0 Å². The topological polar surface area (TPSA) is 202 Å². The van der Waals surface area contributed by atoms with Crippen LogP contribution in [-0.2, 0) is 36.9 Å². The zero-order chi connectivity index (χ0) is 25.1. The molecule has 3 rings (SSSR count). The fraction of sp³-hybridized carbons (Fsp3) is 0.333. The molecule has 0 fully saturated rings. The van der Waals surface area contributed by atoms with Crippen molar-refractivity contribution in [3.05, 3.63) is 69.9 Å². The second-order valence-electron chi connectivity index (χ2n) is 7.27. The van der Waals surface area contributed by atoms with E-state index in [1.54, 1.807) is 0 Å². The van der Waals surface area contributed by atoms with E-state index in [-0.39, 0.29) is 12.1 Å². The largest absolute Gasteiger partial charge is 0.505 e. The first-order chi connectivity index (χ1) is 15.9. The van der Waals surface area contributed by atoms with Gasteiger partial charge in [-0.05, 0) is 5.56 Å². The summed E-state index contributed by atoms with van der Waals surface area (Å²) in [4.78, 5) is 45.2. The van der Waals surface area contributed by atoms with E-state index in [9.17, 15) is 29.0 Å². The highest BCUT2D eigenvalue weighted by Crippen LogP contribution is 2.55. The van der Waals surface area contributed by atoms with Gasteiger partial charge in [-0.3, -0.25) is 13.7 Å². The number of rotatable bonds is 9. The fourth-order valence-electron chi connectivity index (χ4n) is 2.91. The van der Waals surface area contributed by atoms with E-state index < -0.39 is 57.2 Å². The van der Waals surface area contributed by atoms with Crippen molar-refractivity contribution in [3.8, 4) is 0 Å². The number of aromatic nitrogens is 2. The normalized spacial score (nSPS) is 20.8. The molecule has 34 heavy (non-hydrogen) atoms. The number of nitrogens with zero attached hydrogens (tertiary/aromatic N) is 3. The van der Waals surface area contributed by atoms with Crippen LogP contribution in [0.2, 0.25) is 0 Å². The van der Waals surface area contributed by atoms with E-state index in [1.165, 1.54) is 19.3 Å². The zero-order valence-electron chi connectivity index (χ0n) is 17.7. The van der Waals surface area contributed by atoms with Gasteiger partial charge >= 0.3 is 20.9 Å². The molecule has 0 amide bonds. The van der Waals surface area contributed by atoms with Crippen LogP contribution in [0, 0.1) is 0 Å². The van der Waals surface area contributed by atoms with E-state index in [4.69, 9.17) is 19.4 Å². The SMILES string of the molecule is Cn1c(=O)n(C2=C(O)C(O)[C@@H](COP(=O)(O)CP(=O)(O)O)O2)cc/c1=N/OCc1ccccc1. The highest BCUT2D eigenvalue weighted by atomic mass is 31.2. The standard InChI is InChI=1S/C18H23N3O11P2/c1-20-14(19-30-9-12-5-3-2-4-6-12)7-8-21(18(20)24)17-16(23)15(22)13(32-17)10-31-34(28,29)11-33(25,26)27/h2-8,13,15,22-23H,9-11H2,1H3,(H,28,29)(H2,25,26,27)/b19-14-/t13-,15?/m1/s1.